The molecule has 0 aromatic carbocycles. The van der Waals surface area contributed by atoms with Crippen LogP contribution in [0.15, 0.2) is 0 Å². The number of carbonyl (C=O) groups is 2. The van der Waals surface area contributed by atoms with Gasteiger partial charge in [0.15, 0.2) is 0 Å². The first-order chi connectivity index (χ1) is 7.76. The fourth-order valence-corrected chi connectivity index (χ4v) is 1.91. The number of aldehydes is 1. The third-order valence-electron chi connectivity index (χ3n) is 3.04. The second kappa shape index (κ2) is 7.39. The zero-order valence-electron chi connectivity index (χ0n) is 10.1. The van der Waals surface area contributed by atoms with E-state index in [1.165, 1.54) is 0 Å². The van der Waals surface area contributed by atoms with Gasteiger partial charge in [-0.25, -0.2) is 0 Å². The molecule has 0 saturated carbocycles. The van der Waals surface area contributed by atoms with Gasteiger partial charge >= 0.3 is 0 Å². The minimum Gasteiger partial charge on any atom is -0.355 e. The summed E-state index contributed by atoms with van der Waals surface area (Å²) in [4.78, 5) is 24.2. The van der Waals surface area contributed by atoms with E-state index in [0.717, 1.165) is 51.6 Å². The molecule has 4 nitrogen and oxygen atoms in total. The van der Waals surface area contributed by atoms with Crippen LogP contribution in [-0.4, -0.2) is 43.3 Å². The van der Waals surface area contributed by atoms with Crippen molar-refractivity contribution in [1.29, 1.82) is 0 Å². The summed E-state index contributed by atoms with van der Waals surface area (Å²) in [6.45, 7) is 5.10. The Bertz CT molecular complexity index is 223. The van der Waals surface area contributed by atoms with Gasteiger partial charge in [0.05, 0.1) is 6.54 Å². The second-order valence-electron chi connectivity index (χ2n) is 4.45. The number of hydrogen-bond donors (Lipinski definition) is 1. The van der Waals surface area contributed by atoms with E-state index in [9.17, 15) is 9.59 Å². The van der Waals surface area contributed by atoms with Crippen molar-refractivity contribution in [1.82, 2.24) is 10.2 Å². The summed E-state index contributed by atoms with van der Waals surface area (Å²) in [5.74, 6) is 0.317. The van der Waals surface area contributed by atoms with Crippen molar-refractivity contribution in [2.24, 2.45) is 5.92 Å². The number of nitrogens with one attached hydrogen (secondary N) is 1. The lowest BCUT2D eigenvalue weighted by Crippen LogP contribution is -2.41. The van der Waals surface area contributed by atoms with Gasteiger partial charge < -0.3 is 10.1 Å². The van der Waals surface area contributed by atoms with Crippen LogP contribution in [0.3, 0.4) is 0 Å². The molecular formula is C12H22N2O2. The van der Waals surface area contributed by atoms with E-state index >= 15 is 0 Å². The Morgan fingerprint density at radius 3 is 2.69 bits per heavy atom. The van der Waals surface area contributed by atoms with Crippen LogP contribution >= 0.6 is 0 Å². The first-order valence-corrected chi connectivity index (χ1v) is 6.20. The summed E-state index contributed by atoms with van der Waals surface area (Å²) < 4.78 is 0. The van der Waals surface area contributed by atoms with Gasteiger partial charge in [0, 0.05) is 12.5 Å². The average Bonchev–Trinajstić information content (AvgIpc) is 2.30. The molecule has 0 aromatic rings. The Morgan fingerprint density at radius 1 is 1.44 bits per heavy atom. The van der Waals surface area contributed by atoms with Crippen LogP contribution in [0.4, 0.5) is 0 Å². The summed E-state index contributed by atoms with van der Waals surface area (Å²) in [5.41, 5.74) is 0. The topological polar surface area (TPSA) is 49.4 Å². The summed E-state index contributed by atoms with van der Waals surface area (Å²) in [6.07, 6.45) is 4.97. The highest BCUT2D eigenvalue weighted by Gasteiger charge is 2.19. The quantitative estimate of drug-likeness (QED) is 0.538. The van der Waals surface area contributed by atoms with Crippen molar-refractivity contribution in [3.05, 3.63) is 0 Å². The number of amides is 1. The lowest BCUT2D eigenvalue weighted by atomic mass is 9.99. The van der Waals surface area contributed by atoms with Gasteiger partial charge in [-0.15, -0.1) is 0 Å². The molecular weight excluding hydrogens is 204 g/mol. The molecule has 0 aromatic heterocycles. The Labute approximate surface area is 97.4 Å². The predicted octanol–water partition coefficient (Wildman–Crippen LogP) is 0.814. The van der Waals surface area contributed by atoms with Crippen LogP contribution in [0.5, 0.6) is 0 Å². The first kappa shape index (κ1) is 13.2. The number of nitrogens with zero attached hydrogens (tertiary/aromatic N) is 1. The number of unbranched alkanes of at least 4 members (excludes halogenated alkanes) is 1. The van der Waals surface area contributed by atoms with E-state index in [1.54, 1.807) is 0 Å². The summed E-state index contributed by atoms with van der Waals surface area (Å²) >= 11 is 0. The number of rotatable bonds is 6. The third-order valence-corrected chi connectivity index (χ3v) is 3.04. The van der Waals surface area contributed by atoms with Crippen molar-refractivity contribution in [3.63, 3.8) is 0 Å². The maximum Gasteiger partial charge on any atom is 0.234 e. The normalized spacial score (nSPS) is 18.3. The zero-order valence-corrected chi connectivity index (χ0v) is 10.1. The molecule has 0 aliphatic carbocycles. The molecule has 0 bridgehead atoms. The largest absolute Gasteiger partial charge is 0.355 e. The van der Waals surface area contributed by atoms with Crippen LogP contribution in [0.2, 0.25) is 0 Å². The smallest absolute Gasteiger partial charge is 0.234 e. The molecule has 1 rings (SSSR count). The van der Waals surface area contributed by atoms with Crippen molar-refractivity contribution in [2.75, 3.05) is 26.2 Å². The highest BCUT2D eigenvalue weighted by atomic mass is 16.2. The van der Waals surface area contributed by atoms with E-state index in [2.05, 4.69) is 17.1 Å². The molecule has 1 heterocycles. The number of hydrogen-bond acceptors (Lipinski definition) is 3. The fraction of sp³-hybridized carbons (Fsp3) is 0.833. The lowest BCUT2D eigenvalue weighted by Gasteiger charge is -2.28. The Kier molecular flexibility index (Phi) is 6.08. The molecule has 1 N–H and O–H groups in total. The number of piperidine rings is 1. The van der Waals surface area contributed by atoms with E-state index < -0.39 is 0 Å². The van der Waals surface area contributed by atoms with Gasteiger partial charge in [0.1, 0.15) is 6.29 Å². The standard InChI is InChI=1S/C12H22N2O2/c1-2-3-6-13-12(16)9-14-7-4-11(10-15)5-8-14/h10-11H,2-9H2,1H3,(H,13,16). The Balaban J connectivity index is 2.13. The van der Waals surface area contributed by atoms with Gasteiger partial charge in [-0.3, -0.25) is 9.69 Å². The molecule has 4 heteroatoms. The van der Waals surface area contributed by atoms with Gasteiger partial charge in [-0.1, -0.05) is 13.3 Å². The minimum atomic E-state index is 0.109. The van der Waals surface area contributed by atoms with Crippen molar-refractivity contribution < 1.29 is 9.59 Å². The zero-order chi connectivity index (χ0) is 11.8. The van der Waals surface area contributed by atoms with Gasteiger partial charge in [0.25, 0.3) is 0 Å². The monoisotopic (exact) mass is 226 g/mol. The van der Waals surface area contributed by atoms with E-state index in [4.69, 9.17) is 0 Å². The SMILES string of the molecule is CCCCNC(=O)CN1CCC(C=O)CC1. The molecule has 1 aliphatic heterocycles. The van der Waals surface area contributed by atoms with Crippen molar-refractivity contribution in [3.8, 4) is 0 Å². The lowest BCUT2D eigenvalue weighted by molar-refractivity contribution is -0.122. The molecule has 0 radical (unpaired) electrons. The number of carbonyl (C=O) groups excluding carboxylic acids is 2. The minimum absolute atomic E-state index is 0.109. The maximum atomic E-state index is 11.5. The molecule has 92 valence electrons. The van der Waals surface area contributed by atoms with E-state index in [1.807, 2.05) is 0 Å². The molecule has 0 atom stereocenters. The Morgan fingerprint density at radius 2 is 2.12 bits per heavy atom. The molecule has 16 heavy (non-hydrogen) atoms. The van der Waals surface area contributed by atoms with Crippen molar-refractivity contribution >= 4 is 12.2 Å². The van der Waals surface area contributed by atoms with Crippen LogP contribution < -0.4 is 5.32 Å². The van der Waals surface area contributed by atoms with Crippen LogP contribution in [0.25, 0.3) is 0 Å². The van der Waals surface area contributed by atoms with Gasteiger partial charge in [-0.05, 0) is 32.4 Å². The van der Waals surface area contributed by atoms with Gasteiger partial charge in [0.2, 0.25) is 5.91 Å². The van der Waals surface area contributed by atoms with E-state index in [0.29, 0.717) is 6.54 Å². The van der Waals surface area contributed by atoms with Crippen molar-refractivity contribution in [2.45, 2.75) is 32.6 Å². The summed E-state index contributed by atoms with van der Waals surface area (Å²) in [6, 6.07) is 0. The average molecular weight is 226 g/mol. The Hall–Kier alpha value is -0.900. The van der Waals surface area contributed by atoms with Crippen LogP contribution in [0.1, 0.15) is 32.6 Å². The summed E-state index contributed by atoms with van der Waals surface area (Å²) in [5, 5.41) is 2.91. The molecule has 1 amide bonds. The van der Waals surface area contributed by atoms with Crippen LogP contribution in [0, 0.1) is 5.92 Å². The molecule has 1 fully saturated rings. The number of likely N-dealkylation sites (tertiary alicyclic amines) is 1. The van der Waals surface area contributed by atoms with Crippen LogP contribution in [-0.2, 0) is 9.59 Å². The molecule has 1 aliphatic rings. The highest BCUT2D eigenvalue weighted by molar-refractivity contribution is 5.78. The molecule has 0 spiro atoms. The second-order valence-corrected chi connectivity index (χ2v) is 4.45. The predicted molar refractivity (Wildman–Crippen MR) is 63.1 cm³/mol. The molecule has 1 saturated heterocycles. The van der Waals surface area contributed by atoms with E-state index in [-0.39, 0.29) is 11.8 Å². The van der Waals surface area contributed by atoms with Gasteiger partial charge in [-0.2, -0.15) is 0 Å². The molecule has 0 unspecified atom stereocenters. The third kappa shape index (κ3) is 4.75. The maximum absolute atomic E-state index is 11.5. The fourth-order valence-electron chi connectivity index (χ4n) is 1.91. The highest BCUT2D eigenvalue weighted by Crippen LogP contribution is 2.14. The first-order valence-electron chi connectivity index (χ1n) is 6.20. The summed E-state index contributed by atoms with van der Waals surface area (Å²) in [7, 11) is 0.